The maximum Gasteiger partial charge on any atom is 0.471 e. The molecule has 0 aliphatic carbocycles. The van der Waals surface area contributed by atoms with E-state index in [1.807, 2.05) is 30.3 Å². The van der Waals surface area contributed by atoms with Gasteiger partial charge in [0.1, 0.15) is 6.61 Å². The first-order valence-corrected chi connectivity index (χ1v) is 14.6. The lowest BCUT2D eigenvalue weighted by Crippen LogP contribution is -2.43. The third kappa shape index (κ3) is 8.80. The summed E-state index contributed by atoms with van der Waals surface area (Å²) in [4.78, 5) is 27.1. The molecule has 1 saturated heterocycles. The summed E-state index contributed by atoms with van der Waals surface area (Å²) in [7, 11) is -2.35. The molecule has 1 N–H and O–H groups in total. The predicted octanol–water partition coefficient (Wildman–Crippen LogP) is 5.14. The molecule has 1 fully saturated rings. The molecule has 0 saturated carbocycles. The highest BCUT2D eigenvalue weighted by molar-refractivity contribution is 9.10. The second-order valence-electron chi connectivity index (χ2n) is 8.89. The number of nitrogens with one attached hydrogen (secondary N) is 1. The highest BCUT2D eigenvalue weighted by atomic mass is 79.9. The molecule has 1 aliphatic rings. The normalized spacial score (nSPS) is 16.3. The Balaban J connectivity index is 1.76. The van der Waals surface area contributed by atoms with Gasteiger partial charge in [-0.1, -0.05) is 48.6 Å². The molecule has 0 bridgehead atoms. The fourth-order valence-corrected chi connectivity index (χ4v) is 5.51. The molecule has 0 unspecified atom stereocenters. The molecule has 2 amide bonds. The summed E-state index contributed by atoms with van der Waals surface area (Å²) >= 11 is 3.18. The van der Waals surface area contributed by atoms with Gasteiger partial charge in [-0.05, 0) is 65.5 Å². The van der Waals surface area contributed by atoms with Crippen LogP contribution in [0, 0.1) is 0 Å². The smallest absolute Gasteiger partial charge is 0.445 e. The number of carbonyl (C=O) groups excluding carboxylic acids is 2. The highest BCUT2D eigenvalue weighted by Gasteiger charge is 2.43. The summed E-state index contributed by atoms with van der Waals surface area (Å²) in [6.45, 7) is 0.116. The zero-order valence-corrected chi connectivity index (χ0v) is 23.6. The Kier molecular flexibility index (Phi) is 10.6. The van der Waals surface area contributed by atoms with Gasteiger partial charge in [-0.25, -0.2) is 17.9 Å². The number of carbonyl (C=O) groups is 2. The maximum absolute atomic E-state index is 13.5. The van der Waals surface area contributed by atoms with Crippen molar-refractivity contribution in [2.45, 2.75) is 43.8 Å². The number of rotatable bonds is 9. The lowest BCUT2D eigenvalue weighted by molar-refractivity contribution is -0.170. The van der Waals surface area contributed by atoms with Gasteiger partial charge in [0.25, 0.3) is 0 Å². The van der Waals surface area contributed by atoms with E-state index in [1.54, 1.807) is 6.08 Å². The van der Waals surface area contributed by atoms with Crippen molar-refractivity contribution in [1.82, 2.24) is 9.62 Å². The average Bonchev–Trinajstić information content (AvgIpc) is 2.90. The Morgan fingerprint density at radius 3 is 2.51 bits per heavy atom. The zero-order valence-electron chi connectivity index (χ0n) is 21.2. The van der Waals surface area contributed by atoms with Gasteiger partial charge in [-0.15, -0.1) is 0 Å². The lowest BCUT2D eigenvalue weighted by Gasteiger charge is -2.33. The summed E-state index contributed by atoms with van der Waals surface area (Å²) in [6, 6.07) is 12.7. The molecule has 0 radical (unpaired) electrons. The fraction of sp³-hybridized carbons (Fsp3) is 0.385. The summed E-state index contributed by atoms with van der Waals surface area (Å²) in [5.74, 6) is -2.46. The van der Waals surface area contributed by atoms with Crippen LogP contribution in [0.2, 0.25) is 0 Å². The van der Waals surface area contributed by atoms with Crippen molar-refractivity contribution in [3.8, 4) is 0 Å². The highest BCUT2D eigenvalue weighted by Crippen LogP contribution is 2.31. The minimum Gasteiger partial charge on any atom is -0.445 e. The molecule has 212 valence electrons. The standard InChI is InChI=1S/C26H29BrF3N3O5S/c1-31-39(36,37)18-20-12-13-23(22(27)16-20)33(24(34)26(28,29)30)15-7-11-21-10-5-6-14-32(21)25(35)38-17-19-8-3-2-4-9-19/h2-4,7-9,11-13,16,21,31H,5-6,10,14-15,17-18H2,1H3/t21-/m1/s1. The molecule has 39 heavy (non-hydrogen) atoms. The zero-order chi connectivity index (χ0) is 28.6. The van der Waals surface area contributed by atoms with Crippen LogP contribution in [0.15, 0.2) is 65.2 Å². The molecule has 2 aromatic carbocycles. The number of piperidine rings is 1. The van der Waals surface area contributed by atoms with Crippen LogP contribution in [0.1, 0.15) is 30.4 Å². The number of alkyl halides is 3. The minimum absolute atomic E-state index is 0.0737. The van der Waals surface area contributed by atoms with Crippen molar-refractivity contribution in [3.05, 3.63) is 76.3 Å². The van der Waals surface area contributed by atoms with Gasteiger partial charge in [-0.3, -0.25) is 9.69 Å². The Labute approximate surface area is 234 Å². The third-order valence-corrected chi connectivity index (χ3v) is 8.06. The van der Waals surface area contributed by atoms with E-state index in [-0.39, 0.29) is 22.5 Å². The third-order valence-electron chi connectivity index (χ3n) is 6.09. The van der Waals surface area contributed by atoms with Gasteiger partial charge in [0.05, 0.1) is 17.5 Å². The van der Waals surface area contributed by atoms with E-state index in [2.05, 4.69) is 20.7 Å². The number of benzene rings is 2. The van der Waals surface area contributed by atoms with Crippen molar-refractivity contribution in [2.24, 2.45) is 0 Å². The molecular formula is C26H29BrF3N3O5S. The number of likely N-dealkylation sites (tertiary alicyclic amines) is 1. The number of anilines is 1. The first-order chi connectivity index (χ1) is 18.4. The van der Waals surface area contributed by atoms with E-state index >= 15 is 0 Å². The molecule has 2 aromatic rings. The van der Waals surface area contributed by atoms with E-state index in [9.17, 15) is 31.2 Å². The quantitative estimate of drug-likeness (QED) is 0.387. The Morgan fingerprint density at radius 2 is 1.87 bits per heavy atom. The second-order valence-corrected chi connectivity index (χ2v) is 11.7. The van der Waals surface area contributed by atoms with Gasteiger partial charge in [0.2, 0.25) is 10.0 Å². The Bertz CT molecular complexity index is 1290. The SMILES string of the molecule is CNS(=O)(=O)Cc1ccc(N(CC=C[C@H]2CCCCN2C(=O)OCc2ccccc2)C(=O)C(F)(F)F)c(Br)c1. The second kappa shape index (κ2) is 13.4. The number of amides is 2. The van der Waals surface area contributed by atoms with Crippen LogP contribution in [0.5, 0.6) is 0 Å². The Hall–Kier alpha value is -2.90. The molecule has 1 atom stereocenters. The lowest BCUT2D eigenvalue weighted by atomic mass is 10.0. The topological polar surface area (TPSA) is 96.0 Å². The summed E-state index contributed by atoms with van der Waals surface area (Å²) in [6.07, 6.45) is -0.435. The van der Waals surface area contributed by atoms with Crippen LogP contribution in [0.3, 0.4) is 0 Å². The van der Waals surface area contributed by atoms with Gasteiger partial charge in [-0.2, -0.15) is 13.2 Å². The summed E-state index contributed by atoms with van der Waals surface area (Å²) in [5, 5.41) is 0. The van der Waals surface area contributed by atoms with Crippen LogP contribution in [-0.4, -0.2) is 57.7 Å². The van der Waals surface area contributed by atoms with Crippen molar-refractivity contribution < 1.29 is 35.9 Å². The number of hydrogen-bond acceptors (Lipinski definition) is 5. The van der Waals surface area contributed by atoms with Gasteiger partial charge in [0.15, 0.2) is 0 Å². The van der Waals surface area contributed by atoms with Crippen LogP contribution in [-0.2, 0) is 31.9 Å². The largest absolute Gasteiger partial charge is 0.471 e. The summed E-state index contributed by atoms with van der Waals surface area (Å²) in [5.41, 5.74) is 1.08. The average molecular weight is 632 g/mol. The first-order valence-electron chi connectivity index (χ1n) is 12.1. The van der Waals surface area contributed by atoms with Crippen LogP contribution < -0.4 is 9.62 Å². The Morgan fingerprint density at radius 1 is 1.15 bits per heavy atom. The van der Waals surface area contributed by atoms with Gasteiger partial charge >= 0.3 is 18.2 Å². The van der Waals surface area contributed by atoms with E-state index in [0.717, 1.165) is 18.4 Å². The predicted molar refractivity (Wildman–Crippen MR) is 144 cm³/mol. The molecule has 8 nitrogen and oxygen atoms in total. The van der Waals surface area contributed by atoms with Crippen molar-refractivity contribution in [3.63, 3.8) is 0 Å². The van der Waals surface area contributed by atoms with Gasteiger partial charge < -0.3 is 9.64 Å². The number of ether oxygens (including phenoxy) is 1. The molecular weight excluding hydrogens is 603 g/mol. The van der Waals surface area contributed by atoms with E-state index in [0.29, 0.717) is 23.4 Å². The summed E-state index contributed by atoms with van der Waals surface area (Å²) < 4.78 is 71.7. The molecule has 13 heteroatoms. The monoisotopic (exact) mass is 631 g/mol. The van der Waals surface area contributed by atoms with Gasteiger partial charge in [0, 0.05) is 17.6 Å². The van der Waals surface area contributed by atoms with Crippen molar-refractivity contribution >= 4 is 43.6 Å². The van der Waals surface area contributed by atoms with Crippen LogP contribution >= 0.6 is 15.9 Å². The fourth-order valence-electron chi connectivity index (χ4n) is 4.10. The number of halogens is 4. The van der Waals surface area contributed by atoms with E-state index in [4.69, 9.17) is 4.74 Å². The number of sulfonamides is 1. The number of nitrogens with zero attached hydrogens (tertiary/aromatic N) is 2. The van der Waals surface area contributed by atoms with Crippen LogP contribution in [0.4, 0.5) is 23.7 Å². The number of hydrogen-bond donors (Lipinski definition) is 1. The maximum atomic E-state index is 13.5. The molecule has 1 aliphatic heterocycles. The molecule has 1 heterocycles. The first kappa shape index (κ1) is 30.6. The van der Waals surface area contributed by atoms with Crippen molar-refractivity contribution in [2.75, 3.05) is 25.0 Å². The molecule has 0 aromatic heterocycles. The van der Waals surface area contributed by atoms with E-state index in [1.165, 1.54) is 36.2 Å². The van der Waals surface area contributed by atoms with Crippen molar-refractivity contribution in [1.29, 1.82) is 0 Å². The molecule has 0 spiro atoms. The molecule has 3 rings (SSSR count). The minimum atomic E-state index is -5.14. The van der Waals surface area contributed by atoms with E-state index < -0.39 is 40.8 Å². The van der Waals surface area contributed by atoms with Crippen LogP contribution in [0.25, 0.3) is 0 Å².